The lowest BCUT2D eigenvalue weighted by Gasteiger charge is -2.13. The first-order valence-corrected chi connectivity index (χ1v) is 9.85. The molecule has 2 aromatic rings. The van der Waals surface area contributed by atoms with Gasteiger partial charge in [0.1, 0.15) is 5.75 Å². The van der Waals surface area contributed by atoms with Crippen molar-refractivity contribution in [1.29, 1.82) is 0 Å². The molecule has 0 aliphatic rings. The van der Waals surface area contributed by atoms with Gasteiger partial charge in [0.15, 0.2) is 0 Å². The summed E-state index contributed by atoms with van der Waals surface area (Å²) in [6.07, 6.45) is 3.33. The van der Waals surface area contributed by atoms with Crippen molar-refractivity contribution in [3.63, 3.8) is 0 Å². The molecule has 0 bridgehead atoms. The van der Waals surface area contributed by atoms with Crippen molar-refractivity contribution in [2.24, 2.45) is 0 Å². The number of para-hydroxylation sites is 1. The molecule has 0 saturated heterocycles. The van der Waals surface area contributed by atoms with Crippen molar-refractivity contribution in [2.75, 3.05) is 26.0 Å². The van der Waals surface area contributed by atoms with Gasteiger partial charge in [0.25, 0.3) is 11.1 Å². The largest absolute Gasteiger partial charge is 0.494 e. The van der Waals surface area contributed by atoms with Crippen LogP contribution in [0.5, 0.6) is 5.75 Å². The van der Waals surface area contributed by atoms with E-state index < -0.39 is 0 Å². The van der Waals surface area contributed by atoms with Crippen LogP contribution >= 0.6 is 11.8 Å². The maximum atomic E-state index is 12.5. The number of hydrogen-bond acceptors (Lipinski definition) is 4. The molecule has 2 aromatic carbocycles. The molecule has 0 unspecified atom stereocenters. The minimum absolute atomic E-state index is 0.0960. The van der Waals surface area contributed by atoms with Crippen LogP contribution in [0.4, 0.5) is 10.5 Å². The highest BCUT2D eigenvalue weighted by Crippen LogP contribution is 2.29. The summed E-state index contributed by atoms with van der Waals surface area (Å²) in [5.74, 6) is 0.535. The Morgan fingerprint density at radius 3 is 2.41 bits per heavy atom. The quantitative estimate of drug-likeness (QED) is 0.495. The van der Waals surface area contributed by atoms with Gasteiger partial charge < -0.3 is 15.0 Å². The van der Waals surface area contributed by atoms with Crippen molar-refractivity contribution in [1.82, 2.24) is 4.90 Å². The Labute approximate surface area is 165 Å². The number of carbonyl (C=O) groups is 2. The molecule has 0 aliphatic carbocycles. The average Bonchev–Trinajstić information content (AvgIpc) is 2.67. The Bertz CT molecular complexity index is 760. The van der Waals surface area contributed by atoms with Crippen molar-refractivity contribution < 1.29 is 14.3 Å². The maximum absolute atomic E-state index is 12.5. The predicted octanol–water partition coefficient (Wildman–Crippen LogP) is 5.28. The van der Waals surface area contributed by atoms with Gasteiger partial charge in [-0.25, -0.2) is 0 Å². The van der Waals surface area contributed by atoms with E-state index in [9.17, 15) is 9.59 Å². The number of anilines is 1. The van der Waals surface area contributed by atoms with Crippen molar-refractivity contribution in [2.45, 2.75) is 31.1 Å². The third-order valence-electron chi connectivity index (χ3n) is 3.83. The van der Waals surface area contributed by atoms with E-state index in [1.54, 1.807) is 44.4 Å². The third kappa shape index (κ3) is 6.64. The molecule has 27 heavy (non-hydrogen) atoms. The number of benzene rings is 2. The van der Waals surface area contributed by atoms with Crippen LogP contribution in [-0.2, 0) is 0 Å². The zero-order valence-electron chi connectivity index (χ0n) is 16.0. The molecule has 2 amide bonds. The van der Waals surface area contributed by atoms with Crippen LogP contribution in [0.2, 0.25) is 0 Å². The number of carbonyl (C=O) groups excluding carboxylic acids is 2. The Kier molecular flexibility index (Phi) is 8.20. The van der Waals surface area contributed by atoms with Crippen molar-refractivity contribution in [3.8, 4) is 5.75 Å². The zero-order chi connectivity index (χ0) is 19.6. The van der Waals surface area contributed by atoms with Gasteiger partial charge in [0, 0.05) is 24.6 Å². The van der Waals surface area contributed by atoms with Crippen LogP contribution in [0.25, 0.3) is 0 Å². The molecule has 6 heteroatoms. The molecule has 0 spiro atoms. The molecule has 0 atom stereocenters. The third-order valence-corrected chi connectivity index (χ3v) is 4.95. The van der Waals surface area contributed by atoms with Crippen LogP contribution in [0.15, 0.2) is 53.4 Å². The lowest BCUT2D eigenvalue weighted by atomic mass is 10.2. The molecule has 0 radical (unpaired) electrons. The fourth-order valence-corrected chi connectivity index (χ4v) is 3.03. The lowest BCUT2D eigenvalue weighted by molar-refractivity contribution is 0.102. The van der Waals surface area contributed by atoms with Crippen LogP contribution in [0.1, 0.15) is 36.5 Å². The monoisotopic (exact) mass is 386 g/mol. The second kappa shape index (κ2) is 10.6. The summed E-state index contributed by atoms with van der Waals surface area (Å²) in [6.45, 7) is 2.84. The molecule has 5 nitrogen and oxygen atoms in total. The van der Waals surface area contributed by atoms with E-state index in [2.05, 4.69) is 12.2 Å². The number of thioether (sulfide) groups is 1. The Morgan fingerprint density at radius 2 is 1.74 bits per heavy atom. The number of nitrogens with one attached hydrogen (secondary N) is 1. The predicted molar refractivity (Wildman–Crippen MR) is 111 cm³/mol. The van der Waals surface area contributed by atoms with Gasteiger partial charge in [-0.1, -0.05) is 31.9 Å². The van der Waals surface area contributed by atoms with Crippen LogP contribution in [0.3, 0.4) is 0 Å². The summed E-state index contributed by atoms with van der Waals surface area (Å²) in [7, 11) is 3.39. The highest BCUT2D eigenvalue weighted by molar-refractivity contribution is 8.13. The summed E-state index contributed by atoms with van der Waals surface area (Å²) in [5.41, 5.74) is 1.15. The summed E-state index contributed by atoms with van der Waals surface area (Å²) in [5, 5.41) is 2.78. The first kappa shape index (κ1) is 20.8. The molecule has 0 fully saturated rings. The van der Waals surface area contributed by atoms with E-state index in [0.29, 0.717) is 22.8 Å². The van der Waals surface area contributed by atoms with E-state index in [1.165, 1.54) is 4.90 Å². The van der Waals surface area contributed by atoms with Crippen LogP contribution in [0, 0.1) is 0 Å². The molecule has 0 aliphatic heterocycles. The summed E-state index contributed by atoms with van der Waals surface area (Å²) < 4.78 is 5.67. The minimum Gasteiger partial charge on any atom is -0.494 e. The second-order valence-electron chi connectivity index (χ2n) is 6.29. The standard InChI is InChI=1S/C21H26N2O3S/c1-4-5-8-15-26-17-13-11-16(12-14-17)20(24)22-18-9-6-7-10-19(18)27-21(25)23(2)3/h6-7,9-14H,4-5,8,15H2,1-3H3,(H,22,24). The van der Waals surface area contributed by atoms with Gasteiger partial charge in [-0.2, -0.15) is 0 Å². The van der Waals surface area contributed by atoms with Gasteiger partial charge in [-0.3, -0.25) is 9.59 Å². The topological polar surface area (TPSA) is 58.6 Å². The maximum Gasteiger partial charge on any atom is 0.286 e. The van der Waals surface area contributed by atoms with Gasteiger partial charge in [0.05, 0.1) is 12.3 Å². The first-order chi connectivity index (χ1) is 13.0. The normalized spacial score (nSPS) is 10.3. The fraction of sp³-hybridized carbons (Fsp3) is 0.333. The highest BCUT2D eigenvalue weighted by atomic mass is 32.2. The van der Waals surface area contributed by atoms with Gasteiger partial charge >= 0.3 is 0 Å². The van der Waals surface area contributed by atoms with Gasteiger partial charge in [-0.15, -0.1) is 0 Å². The number of ether oxygens (including phenoxy) is 1. The second-order valence-corrected chi connectivity index (χ2v) is 7.29. The van der Waals surface area contributed by atoms with Crippen LogP contribution < -0.4 is 10.1 Å². The number of amides is 2. The zero-order valence-corrected chi connectivity index (χ0v) is 16.8. The molecule has 0 saturated carbocycles. The van der Waals surface area contributed by atoms with Gasteiger partial charge in [-0.05, 0) is 54.6 Å². The SMILES string of the molecule is CCCCCOc1ccc(C(=O)Nc2ccccc2SC(=O)N(C)C)cc1. The molecule has 1 N–H and O–H groups in total. The number of unbranched alkanes of at least 4 members (excludes halogenated alkanes) is 2. The Hall–Kier alpha value is -2.47. The van der Waals surface area contributed by atoms with E-state index in [0.717, 1.165) is 36.8 Å². The first-order valence-electron chi connectivity index (χ1n) is 9.03. The van der Waals surface area contributed by atoms with E-state index >= 15 is 0 Å². The Morgan fingerprint density at radius 1 is 1.04 bits per heavy atom. The molecule has 2 rings (SSSR count). The smallest absolute Gasteiger partial charge is 0.286 e. The molecular formula is C21H26N2O3S. The van der Waals surface area contributed by atoms with Crippen molar-refractivity contribution >= 4 is 28.6 Å². The van der Waals surface area contributed by atoms with E-state index in [-0.39, 0.29) is 11.1 Å². The number of rotatable bonds is 8. The lowest BCUT2D eigenvalue weighted by Crippen LogP contribution is -2.17. The Balaban J connectivity index is 2.00. The van der Waals surface area contributed by atoms with Gasteiger partial charge in [0.2, 0.25) is 0 Å². The van der Waals surface area contributed by atoms with E-state index in [4.69, 9.17) is 4.74 Å². The van der Waals surface area contributed by atoms with E-state index in [1.807, 2.05) is 18.2 Å². The average molecular weight is 387 g/mol. The molecule has 144 valence electrons. The molecular weight excluding hydrogens is 360 g/mol. The highest BCUT2D eigenvalue weighted by Gasteiger charge is 2.13. The minimum atomic E-state index is -0.224. The summed E-state index contributed by atoms with van der Waals surface area (Å²) >= 11 is 1.08. The summed E-state index contributed by atoms with van der Waals surface area (Å²) in [4.78, 5) is 26.7. The number of hydrogen-bond donors (Lipinski definition) is 1. The molecule has 0 aromatic heterocycles. The fourth-order valence-electron chi connectivity index (χ4n) is 2.28. The van der Waals surface area contributed by atoms with Crippen molar-refractivity contribution in [3.05, 3.63) is 54.1 Å². The molecule has 0 heterocycles. The van der Waals surface area contributed by atoms with Crippen LogP contribution in [-0.4, -0.2) is 36.7 Å². The summed E-state index contributed by atoms with van der Waals surface area (Å²) in [6, 6.07) is 14.4. The number of nitrogens with zero attached hydrogens (tertiary/aromatic N) is 1.